The summed E-state index contributed by atoms with van der Waals surface area (Å²) in [7, 11) is 0. The van der Waals surface area contributed by atoms with Gasteiger partial charge in [0, 0.05) is 10.6 Å². The summed E-state index contributed by atoms with van der Waals surface area (Å²) < 4.78 is 0. The van der Waals surface area contributed by atoms with Gasteiger partial charge in [0.05, 0.1) is 0 Å². The van der Waals surface area contributed by atoms with Crippen molar-refractivity contribution in [3.8, 4) is 0 Å². The van der Waals surface area contributed by atoms with E-state index >= 15 is 0 Å². The molecular weight excluding hydrogens is 184 g/mol. The summed E-state index contributed by atoms with van der Waals surface area (Å²) in [6.45, 7) is 5.89. The number of carbonyl (C=O) groups excluding carboxylic acids is 1. The van der Waals surface area contributed by atoms with E-state index in [0.717, 1.165) is 23.8 Å². The van der Waals surface area contributed by atoms with Crippen LogP contribution in [-0.4, -0.2) is 6.29 Å². The van der Waals surface area contributed by atoms with Crippen molar-refractivity contribution in [1.82, 2.24) is 0 Å². The fourth-order valence-electron chi connectivity index (χ4n) is 1.14. The number of halogens is 1. The largest absolute Gasteiger partial charge is 0.298 e. The van der Waals surface area contributed by atoms with Crippen molar-refractivity contribution in [1.29, 1.82) is 0 Å². The molecule has 0 atom stereocenters. The number of rotatable bonds is 3. The van der Waals surface area contributed by atoms with E-state index in [9.17, 15) is 4.79 Å². The zero-order chi connectivity index (χ0) is 9.84. The van der Waals surface area contributed by atoms with Gasteiger partial charge in [-0.05, 0) is 29.7 Å². The van der Waals surface area contributed by atoms with E-state index in [0.29, 0.717) is 10.6 Å². The van der Waals surface area contributed by atoms with Crippen LogP contribution in [0, 0.1) is 0 Å². The van der Waals surface area contributed by atoms with Crippen LogP contribution in [0.1, 0.15) is 29.3 Å². The Labute approximate surface area is 83.0 Å². The van der Waals surface area contributed by atoms with Crippen LogP contribution in [0.2, 0.25) is 5.02 Å². The van der Waals surface area contributed by atoms with Crippen molar-refractivity contribution >= 4 is 23.5 Å². The van der Waals surface area contributed by atoms with Crippen molar-refractivity contribution < 1.29 is 4.79 Å². The Morgan fingerprint density at radius 2 is 2.31 bits per heavy atom. The van der Waals surface area contributed by atoms with E-state index in [-0.39, 0.29) is 0 Å². The van der Waals surface area contributed by atoms with Crippen LogP contribution in [0.4, 0.5) is 0 Å². The highest BCUT2D eigenvalue weighted by molar-refractivity contribution is 6.30. The predicted molar refractivity (Wildman–Crippen MR) is 56.2 cm³/mol. The van der Waals surface area contributed by atoms with Crippen LogP contribution in [-0.2, 0) is 0 Å². The molecule has 0 heterocycles. The second-order valence-corrected chi connectivity index (χ2v) is 3.24. The summed E-state index contributed by atoms with van der Waals surface area (Å²) in [6.07, 6.45) is 1.64. The molecule has 0 bridgehead atoms. The Hall–Kier alpha value is -1.08. The smallest absolute Gasteiger partial charge is 0.150 e. The van der Waals surface area contributed by atoms with Gasteiger partial charge >= 0.3 is 0 Å². The van der Waals surface area contributed by atoms with Gasteiger partial charge in [-0.2, -0.15) is 0 Å². The minimum Gasteiger partial charge on any atom is -0.298 e. The molecule has 0 amide bonds. The van der Waals surface area contributed by atoms with Gasteiger partial charge in [0.1, 0.15) is 0 Å². The Balaban J connectivity index is 3.20. The Morgan fingerprint density at radius 1 is 1.62 bits per heavy atom. The van der Waals surface area contributed by atoms with Crippen LogP contribution in [0.5, 0.6) is 0 Å². The van der Waals surface area contributed by atoms with Crippen LogP contribution in [0.3, 0.4) is 0 Å². The molecule has 1 rings (SSSR count). The monoisotopic (exact) mass is 194 g/mol. The first-order valence-electron chi connectivity index (χ1n) is 4.12. The van der Waals surface area contributed by atoms with Crippen LogP contribution < -0.4 is 0 Å². The number of allylic oxidation sites excluding steroid dienone is 1. The molecule has 0 spiro atoms. The highest BCUT2D eigenvalue weighted by Crippen LogP contribution is 2.22. The van der Waals surface area contributed by atoms with E-state index in [1.165, 1.54) is 0 Å². The Bertz CT molecular complexity index is 342. The molecule has 0 aliphatic heterocycles. The topological polar surface area (TPSA) is 17.1 Å². The van der Waals surface area contributed by atoms with Gasteiger partial charge in [-0.3, -0.25) is 4.79 Å². The molecular formula is C11H11ClO. The molecule has 0 saturated carbocycles. The zero-order valence-electron chi connectivity index (χ0n) is 7.51. The average molecular weight is 195 g/mol. The quantitative estimate of drug-likeness (QED) is 0.673. The molecule has 0 radical (unpaired) electrons. The third-order valence-electron chi connectivity index (χ3n) is 1.95. The number of hydrogen-bond acceptors (Lipinski definition) is 1. The van der Waals surface area contributed by atoms with Crippen LogP contribution in [0.15, 0.2) is 24.8 Å². The summed E-state index contributed by atoms with van der Waals surface area (Å²) in [4.78, 5) is 10.7. The molecule has 1 aromatic rings. The second kappa shape index (κ2) is 4.24. The van der Waals surface area contributed by atoms with Gasteiger partial charge in [-0.25, -0.2) is 0 Å². The maximum absolute atomic E-state index is 10.7. The first-order chi connectivity index (χ1) is 6.19. The molecule has 68 valence electrons. The lowest BCUT2D eigenvalue weighted by Crippen LogP contribution is -1.90. The summed E-state index contributed by atoms with van der Waals surface area (Å²) in [5.41, 5.74) is 2.46. The van der Waals surface area contributed by atoms with Gasteiger partial charge in [0.25, 0.3) is 0 Å². The van der Waals surface area contributed by atoms with E-state index < -0.39 is 0 Å². The average Bonchev–Trinajstić information content (AvgIpc) is 2.16. The number of benzene rings is 1. The molecule has 0 aliphatic rings. The SMILES string of the molecule is C=C(CC)c1ccc(Cl)cc1C=O. The Morgan fingerprint density at radius 3 is 2.85 bits per heavy atom. The van der Waals surface area contributed by atoms with Crippen LogP contribution >= 0.6 is 11.6 Å². The van der Waals surface area contributed by atoms with E-state index in [1.54, 1.807) is 12.1 Å². The predicted octanol–water partition coefficient (Wildman–Crippen LogP) is 3.58. The third-order valence-corrected chi connectivity index (χ3v) is 2.18. The molecule has 0 unspecified atom stereocenters. The lowest BCUT2D eigenvalue weighted by atomic mass is 10.0. The molecule has 0 N–H and O–H groups in total. The van der Waals surface area contributed by atoms with Gasteiger partial charge in [-0.1, -0.05) is 31.2 Å². The zero-order valence-corrected chi connectivity index (χ0v) is 8.27. The standard InChI is InChI=1S/C11H11ClO/c1-3-8(2)11-5-4-10(12)6-9(11)7-13/h4-7H,2-3H2,1H3. The van der Waals surface area contributed by atoms with Crippen molar-refractivity contribution in [3.05, 3.63) is 40.9 Å². The molecule has 0 aromatic heterocycles. The van der Waals surface area contributed by atoms with Gasteiger partial charge in [-0.15, -0.1) is 0 Å². The summed E-state index contributed by atoms with van der Waals surface area (Å²) in [5, 5.41) is 0.578. The molecule has 0 fully saturated rings. The van der Waals surface area contributed by atoms with Crippen molar-refractivity contribution in [2.24, 2.45) is 0 Å². The fraction of sp³-hybridized carbons (Fsp3) is 0.182. The molecule has 2 heteroatoms. The first-order valence-corrected chi connectivity index (χ1v) is 4.49. The minimum atomic E-state index is 0.578. The van der Waals surface area contributed by atoms with E-state index in [1.807, 2.05) is 13.0 Å². The van der Waals surface area contributed by atoms with Gasteiger partial charge in [0.15, 0.2) is 6.29 Å². The van der Waals surface area contributed by atoms with E-state index in [4.69, 9.17) is 11.6 Å². The second-order valence-electron chi connectivity index (χ2n) is 2.81. The van der Waals surface area contributed by atoms with Crippen molar-refractivity contribution in [3.63, 3.8) is 0 Å². The molecule has 0 saturated heterocycles. The summed E-state index contributed by atoms with van der Waals surface area (Å²) in [5.74, 6) is 0. The lowest BCUT2D eigenvalue weighted by molar-refractivity contribution is 0.112. The van der Waals surface area contributed by atoms with Gasteiger partial charge in [0.2, 0.25) is 0 Å². The van der Waals surface area contributed by atoms with E-state index in [2.05, 4.69) is 6.58 Å². The summed E-state index contributed by atoms with van der Waals surface area (Å²) >= 11 is 5.75. The molecule has 0 aliphatic carbocycles. The van der Waals surface area contributed by atoms with Crippen LogP contribution in [0.25, 0.3) is 5.57 Å². The minimum absolute atomic E-state index is 0.578. The maximum atomic E-state index is 10.7. The lowest BCUT2D eigenvalue weighted by Gasteiger charge is -2.05. The van der Waals surface area contributed by atoms with Gasteiger partial charge < -0.3 is 0 Å². The normalized spacial score (nSPS) is 9.69. The molecule has 1 nitrogen and oxygen atoms in total. The van der Waals surface area contributed by atoms with Crippen molar-refractivity contribution in [2.45, 2.75) is 13.3 Å². The summed E-state index contributed by atoms with van der Waals surface area (Å²) in [6, 6.07) is 5.26. The fourth-order valence-corrected chi connectivity index (χ4v) is 1.32. The van der Waals surface area contributed by atoms with Crippen molar-refractivity contribution in [2.75, 3.05) is 0 Å². The number of carbonyl (C=O) groups is 1. The first kappa shape index (κ1) is 10.0. The molecule has 13 heavy (non-hydrogen) atoms. The Kier molecular flexibility index (Phi) is 3.26. The highest BCUT2D eigenvalue weighted by Gasteiger charge is 2.04. The number of aldehydes is 1. The number of hydrogen-bond donors (Lipinski definition) is 0. The maximum Gasteiger partial charge on any atom is 0.150 e. The molecule has 1 aromatic carbocycles. The highest BCUT2D eigenvalue weighted by atomic mass is 35.5. The third kappa shape index (κ3) is 2.19.